The van der Waals surface area contributed by atoms with Gasteiger partial charge in [-0.25, -0.2) is 0 Å². The van der Waals surface area contributed by atoms with Crippen LogP contribution in [-0.4, -0.2) is 13.0 Å². The molecule has 0 atom stereocenters. The molecule has 0 N–H and O–H groups in total. The molecule has 0 unspecified atom stereocenters. The SMILES string of the molecule is CCc1ccc(N(C)C(=O)c2cc(Br)ccc2I)cc1. The maximum absolute atomic E-state index is 12.6. The van der Waals surface area contributed by atoms with E-state index in [1.165, 1.54) is 5.56 Å². The molecular weight excluding hydrogens is 429 g/mol. The van der Waals surface area contributed by atoms with E-state index in [2.05, 4.69) is 57.6 Å². The Kier molecular flexibility index (Phi) is 5.21. The molecule has 0 aliphatic heterocycles. The Bertz CT molecular complexity index is 625. The second-order valence-corrected chi connectivity index (χ2v) is 6.59. The van der Waals surface area contributed by atoms with Gasteiger partial charge in [0.2, 0.25) is 0 Å². The van der Waals surface area contributed by atoms with Crippen LogP contribution in [0.25, 0.3) is 0 Å². The largest absolute Gasteiger partial charge is 0.311 e. The van der Waals surface area contributed by atoms with Crippen LogP contribution in [-0.2, 0) is 6.42 Å². The lowest BCUT2D eigenvalue weighted by molar-refractivity contribution is 0.0992. The zero-order chi connectivity index (χ0) is 14.7. The summed E-state index contributed by atoms with van der Waals surface area (Å²) in [4.78, 5) is 14.3. The van der Waals surface area contributed by atoms with Crippen LogP contribution in [0.2, 0.25) is 0 Å². The van der Waals surface area contributed by atoms with Crippen molar-refractivity contribution in [2.75, 3.05) is 11.9 Å². The van der Waals surface area contributed by atoms with Crippen molar-refractivity contribution in [3.05, 3.63) is 61.6 Å². The smallest absolute Gasteiger partial charge is 0.259 e. The summed E-state index contributed by atoms with van der Waals surface area (Å²) in [5.41, 5.74) is 2.89. The minimum atomic E-state index is -0.0000477. The topological polar surface area (TPSA) is 20.3 Å². The molecule has 0 fully saturated rings. The van der Waals surface area contributed by atoms with E-state index in [4.69, 9.17) is 0 Å². The van der Waals surface area contributed by atoms with Crippen LogP contribution in [0.4, 0.5) is 5.69 Å². The van der Waals surface area contributed by atoms with Crippen LogP contribution in [0, 0.1) is 3.57 Å². The third-order valence-electron chi connectivity index (χ3n) is 3.20. The fourth-order valence-corrected chi connectivity index (χ4v) is 2.84. The van der Waals surface area contributed by atoms with Gasteiger partial charge in [0, 0.05) is 20.8 Å². The molecule has 1 amide bonds. The van der Waals surface area contributed by atoms with Gasteiger partial charge in [-0.3, -0.25) is 4.79 Å². The highest BCUT2D eigenvalue weighted by atomic mass is 127. The third kappa shape index (κ3) is 3.41. The van der Waals surface area contributed by atoms with E-state index < -0.39 is 0 Å². The highest BCUT2D eigenvalue weighted by Crippen LogP contribution is 2.22. The molecule has 0 heterocycles. The number of amides is 1. The molecule has 0 radical (unpaired) electrons. The molecule has 0 saturated carbocycles. The van der Waals surface area contributed by atoms with Gasteiger partial charge < -0.3 is 4.90 Å². The van der Waals surface area contributed by atoms with Gasteiger partial charge >= 0.3 is 0 Å². The monoisotopic (exact) mass is 443 g/mol. The fourth-order valence-electron chi connectivity index (χ4n) is 1.91. The number of carbonyl (C=O) groups excluding carboxylic acids is 1. The Morgan fingerprint density at radius 2 is 1.85 bits per heavy atom. The Balaban J connectivity index is 2.29. The molecule has 0 bridgehead atoms. The number of carbonyl (C=O) groups is 1. The van der Waals surface area contributed by atoms with E-state index in [-0.39, 0.29) is 5.91 Å². The molecule has 104 valence electrons. The molecule has 20 heavy (non-hydrogen) atoms. The predicted octanol–water partition coefficient (Wildman–Crippen LogP) is 4.89. The second kappa shape index (κ2) is 6.72. The van der Waals surface area contributed by atoms with E-state index >= 15 is 0 Å². The van der Waals surface area contributed by atoms with Crippen LogP contribution < -0.4 is 4.90 Å². The molecule has 0 aliphatic carbocycles. The number of anilines is 1. The summed E-state index contributed by atoms with van der Waals surface area (Å²) in [6.07, 6.45) is 1.00. The Morgan fingerprint density at radius 1 is 1.20 bits per heavy atom. The van der Waals surface area contributed by atoms with E-state index in [0.717, 1.165) is 20.2 Å². The molecule has 0 spiro atoms. The molecule has 2 nitrogen and oxygen atoms in total. The molecule has 2 aromatic rings. The van der Waals surface area contributed by atoms with E-state index in [1.807, 2.05) is 30.3 Å². The number of aryl methyl sites for hydroxylation is 1. The first-order valence-electron chi connectivity index (χ1n) is 6.35. The minimum absolute atomic E-state index is 0.0000477. The maximum Gasteiger partial charge on any atom is 0.259 e. The van der Waals surface area contributed by atoms with E-state index in [9.17, 15) is 4.79 Å². The summed E-state index contributed by atoms with van der Waals surface area (Å²) >= 11 is 5.60. The van der Waals surface area contributed by atoms with Gasteiger partial charge in [-0.05, 0) is 64.9 Å². The molecular formula is C16H15BrINO. The molecule has 0 aliphatic rings. The summed E-state index contributed by atoms with van der Waals surface area (Å²) in [5, 5.41) is 0. The first-order chi connectivity index (χ1) is 9.52. The van der Waals surface area contributed by atoms with Gasteiger partial charge in [-0.2, -0.15) is 0 Å². The van der Waals surface area contributed by atoms with Gasteiger partial charge in [-0.1, -0.05) is 35.0 Å². The van der Waals surface area contributed by atoms with Crippen molar-refractivity contribution in [3.63, 3.8) is 0 Å². The highest BCUT2D eigenvalue weighted by Gasteiger charge is 2.16. The van der Waals surface area contributed by atoms with Gasteiger partial charge in [0.1, 0.15) is 0 Å². The van der Waals surface area contributed by atoms with Crippen molar-refractivity contribution in [1.29, 1.82) is 0 Å². The number of hydrogen-bond donors (Lipinski definition) is 0. The van der Waals surface area contributed by atoms with Crippen molar-refractivity contribution < 1.29 is 4.79 Å². The van der Waals surface area contributed by atoms with Crippen LogP contribution in [0.3, 0.4) is 0 Å². The summed E-state index contributed by atoms with van der Waals surface area (Å²) in [6.45, 7) is 2.12. The van der Waals surface area contributed by atoms with E-state index in [1.54, 1.807) is 11.9 Å². The lowest BCUT2D eigenvalue weighted by Gasteiger charge is -2.18. The first-order valence-corrected chi connectivity index (χ1v) is 8.22. The van der Waals surface area contributed by atoms with Crippen LogP contribution in [0.15, 0.2) is 46.9 Å². The van der Waals surface area contributed by atoms with Crippen LogP contribution in [0.1, 0.15) is 22.8 Å². The number of nitrogens with zero attached hydrogens (tertiary/aromatic N) is 1. The summed E-state index contributed by atoms with van der Waals surface area (Å²) in [6, 6.07) is 13.8. The van der Waals surface area contributed by atoms with Crippen molar-refractivity contribution in [3.8, 4) is 0 Å². The lowest BCUT2D eigenvalue weighted by atomic mass is 10.1. The van der Waals surface area contributed by atoms with Crippen molar-refractivity contribution in [1.82, 2.24) is 0 Å². The van der Waals surface area contributed by atoms with Crippen molar-refractivity contribution in [2.45, 2.75) is 13.3 Å². The van der Waals surface area contributed by atoms with Gasteiger partial charge in [0.25, 0.3) is 5.91 Å². The quantitative estimate of drug-likeness (QED) is 0.618. The predicted molar refractivity (Wildman–Crippen MR) is 95.4 cm³/mol. The Labute approximate surface area is 141 Å². The van der Waals surface area contributed by atoms with Gasteiger partial charge in [0.15, 0.2) is 0 Å². The first kappa shape index (κ1) is 15.5. The molecule has 2 aromatic carbocycles. The highest BCUT2D eigenvalue weighted by molar-refractivity contribution is 14.1. The minimum Gasteiger partial charge on any atom is -0.311 e. The van der Waals surface area contributed by atoms with Crippen molar-refractivity contribution >= 4 is 50.1 Å². The zero-order valence-electron chi connectivity index (χ0n) is 11.4. The molecule has 4 heteroatoms. The van der Waals surface area contributed by atoms with Crippen LogP contribution >= 0.6 is 38.5 Å². The maximum atomic E-state index is 12.6. The summed E-state index contributed by atoms with van der Waals surface area (Å²) < 4.78 is 1.86. The third-order valence-corrected chi connectivity index (χ3v) is 4.63. The lowest BCUT2D eigenvalue weighted by Crippen LogP contribution is -2.27. The van der Waals surface area contributed by atoms with Crippen LogP contribution in [0.5, 0.6) is 0 Å². The average Bonchev–Trinajstić information content (AvgIpc) is 2.48. The molecule has 0 aromatic heterocycles. The number of benzene rings is 2. The normalized spacial score (nSPS) is 10.4. The standard InChI is InChI=1S/C16H15BrINO/c1-3-11-4-7-13(8-5-11)19(2)16(20)14-10-12(17)6-9-15(14)18/h4-10H,3H2,1-2H3. The van der Waals surface area contributed by atoms with Gasteiger partial charge in [-0.15, -0.1) is 0 Å². The molecule has 2 rings (SSSR count). The zero-order valence-corrected chi connectivity index (χ0v) is 15.1. The fraction of sp³-hybridized carbons (Fsp3) is 0.188. The van der Waals surface area contributed by atoms with E-state index in [0.29, 0.717) is 5.56 Å². The van der Waals surface area contributed by atoms with Crippen molar-refractivity contribution in [2.24, 2.45) is 0 Å². The summed E-state index contributed by atoms with van der Waals surface area (Å²) in [7, 11) is 1.81. The number of rotatable bonds is 3. The number of halogens is 2. The Morgan fingerprint density at radius 3 is 2.45 bits per heavy atom. The van der Waals surface area contributed by atoms with Gasteiger partial charge in [0.05, 0.1) is 5.56 Å². The second-order valence-electron chi connectivity index (χ2n) is 4.51. The molecule has 0 saturated heterocycles. The summed E-state index contributed by atoms with van der Waals surface area (Å²) in [5.74, 6) is -0.0000477. The number of hydrogen-bond acceptors (Lipinski definition) is 1. The Hall–Kier alpha value is -0.880. The average molecular weight is 444 g/mol.